The van der Waals surface area contributed by atoms with E-state index in [1.165, 1.54) is 11.1 Å². The van der Waals surface area contributed by atoms with E-state index in [2.05, 4.69) is 69.5 Å². The number of pyridine rings is 2. The van der Waals surface area contributed by atoms with Gasteiger partial charge in [0.25, 0.3) is 0 Å². The number of halogens is 2. The number of nitrogens with zero attached hydrogens (tertiary/aromatic N) is 3. The third-order valence-corrected chi connectivity index (χ3v) is 6.18. The Labute approximate surface area is 203 Å². The number of hydrogen-bond acceptors (Lipinski definition) is 3. The molecule has 0 radical (unpaired) electrons. The van der Waals surface area contributed by atoms with Crippen molar-refractivity contribution in [1.29, 1.82) is 0 Å². The second-order valence-corrected chi connectivity index (χ2v) is 8.63. The van der Waals surface area contributed by atoms with Gasteiger partial charge in [0.15, 0.2) is 0 Å². The first-order valence-corrected chi connectivity index (χ1v) is 11.5. The first-order chi connectivity index (χ1) is 16.2. The van der Waals surface area contributed by atoms with Gasteiger partial charge in [-0.3, -0.25) is 4.98 Å². The molecule has 3 aromatic carbocycles. The minimum absolute atomic E-state index is 0.422. The zero-order valence-corrected chi connectivity index (χ0v) is 19.3. The summed E-state index contributed by atoms with van der Waals surface area (Å²) in [6, 6.07) is 32.7. The van der Waals surface area contributed by atoms with Gasteiger partial charge < -0.3 is 4.90 Å². The fourth-order valence-electron chi connectivity index (χ4n) is 3.93. The van der Waals surface area contributed by atoms with Gasteiger partial charge in [-0.1, -0.05) is 83.9 Å². The zero-order valence-electron chi connectivity index (χ0n) is 17.8. The third-order valence-electron chi connectivity index (χ3n) is 5.58. The van der Waals surface area contributed by atoms with Crippen LogP contribution in [0.15, 0.2) is 103 Å². The maximum absolute atomic E-state index is 6.79. The standard InChI is InChI=1S/C28H21Cl2N3/c29-25-16-22(13-14-23(25)27-17-26-24(28(30)32-27)12-7-15-31-26)33(18-20-8-3-1-4-9-20)19-21-10-5-2-6-11-21/h1-17H,18-19H2. The minimum atomic E-state index is 0.422. The fourth-order valence-corrected chi connectivity index (χ4v) is 4.45. The van der Waals surface area contributed by atoms with Crippen molar-refractivity contribution in [2.75, 3.05) is 4.90 Å². The van der Waals surface area contributed by atoms with E-state index in [1.54, 1.807) is 6.20 Å². The predicted octanol–water partition coefficient (Wildman–Crippen LogP) is 7.81. The van der Waals surface area contributed by atoms with E-state index in [0.717, 1.165) is 35.2 Å². The molecule has 0 saturated carbocycles. The van der Waals surface area contributed by atoms with Gasteiger partial charge in [0.2, 0.25) is 0 Å². The summed E-state index contributed by atoms with van der Waals surface area (Å²) in [6.45, 7) is 1.55. The van der Waals surface area contributed by atoms with Crippen molar-refractivity contribution in [2.45, 2.75) is 13.1 Å². The van der Waals surface area contributed by atoms with E-state index in [1.807, 2.05) is 42.5 Å². The maximum Gasteiger partial charge on any atom is 0.139 e. The summed E-state index contributed by atoms with van der Waals surface area (Å²) in [5.41, 5.74) is 5.85. The summed E-state index contributed by atoms with van der Waals surface area (Å²) in [7, 11) is 0. The molecule has 3 nitrogen and oxygen atoms in total. The molecule has 2 aromatic heterocycles. The molecule has 0 saturated heterocycles. The summed E-state index contributed by atoms with van der Waals surface area (Å²) < 4.78 is 0. The molecule has 33 heavy (non-hydrogen) atoms. The molecule has 162 valence electrons. The van der Waals surface area contributed by atoms with Gasteiger partial charge in [0.05, 0.1) is 16.2 Å². The summed E-state index contributed by atoms with van der Waals surface area (Å²) in [4.78, 5) is 11.3. The monoisotopic (exact) mass is 469 g/mol. The zero-order chi connectivity index (χ0) is 22.6. The van der Waals surface area contributed by atoms with Crippen molar-refractivity contribution in [3.8, 4) is 11.3 Å². The topological polar surface area (TPSA) is 29.0 Å². The minimum Gasteiger partial charge on any atom is -0.363 e. The Hall–Kier alpha value is -3.40. The number of fused-ring (bicyclic) bond motifs is 1. The van der Waals surface area contributed by atoms with Crippen LogP contribution in [0.5, 0.6) is 0 Å². The van der Waals surface area contributed by atoms with Crippen LogP contribution in [0.1, 0.15) is 11.1 Å². The number of rotatable bonds is 6. The van der Waals surface area contributed by atoms with Crippen LogP contribution >= 0.6 is 23.2 Å². The first-order valence-electron chi connectivity index (χ1n) is 10.7. The van der Waals surface area contributed by atoms with Crippen molar-refractivity contribution < 1.29 is 0 Å². The lowest BCUT2D eigenvalue weighted by Gasteiger charge is -2.26. The molecule has 0 fully saturated rings. The van der Waals surface area contributed by atoms with Crippen molar-refractivity contribution in [1.82, 2.24) is 9.97 Å². The smallest absolute Gasteiger partial charge is 0.139 e. The number of anilines is 1. The van der Waals surface area contributed by atoms with E-state index in [-0.39, 0.29) is 0 Å². The average molecular weight is 470 g/mol. The molecule has 0 aliphatic rings. The largest absolute Gasteiger partial charge is 0.363 e. The second-order valence-electron chi connectivity index (χ2n) is 7.86. The molecule has 2 heterocycles. The summed E-state index contributed by atoms with van der Waals surface area (Å²) in [5, 5.41) is 1.87. The Balaban J connectivity index is 1.51. The van der Waals surface area contributed by atoms with E-state index >= 15 is 0 Å². The Bertz CT molecular complexity index is 1350. The molecule has 0 aliphatic heterocycles. The van der Waals surface area contributed by atoms with Gasteiger partial charge in [-0.25, -0.2) is 4.98 Å². The van der Waals surface area contributed by atoms with Crippen molar-refractivity contribution in [2.24, 2.45) is 0 Å². The van der Waals surface area contributed by atoms with Crippen molar-refractivity contribution >= 4 is 39.8 Å². The van der Waals surface area contributed by atoms with E-state index in [0.29, 0.717) is 15.9 Å². The van der Waals surface area contributed by atoms with E-state index in [4.69, 9.17) is 23.2 Å². The third kappa shape index (κ3) is 4.85. The van der Waals surface area contributed by atoms with Crippen molar-refractivity contribution in [3.63, 3.8) is 0 Å². The highest BCUT2D eigenvalue weighted by Gasteiger charge is 2.14. The fraction of sp³-hybridized carbons (Fsp3) is 0.0714. The van der Waals surface area contributed by atoms with Gasteiger partial charge in [0, 0.05) is 35.9 Å². The average Bonchev–Trinajstić information content (AvgIpc) is 2.85. The molecule has 5 rings (SSSR count). The Morgan fingerprint density at radius 2 is 1.36 bits per heavy atom. The Morgan fingerprint density at radius 1 is 0.697 bits per heavy atom. The number of hydrogen-bond donors (Lipinski definition) is 0. The van der Waals surface area contributed by atoms with Crippen LogP contribution in [0.3, 0.4) is 0 Å². The normalized spacial score (nSPS) is 11.0. The van der Waals surface area contributed by atoms with Crippen LogP contribution < -0.4 is 4.90 Å². The van der Waals surface area contributed by atoms with Crippen LogP contribution in [0.2, 0.25) is 10.2 Å². The molecule has 5 heteroatoms. The highest BCUT2D eigenvalue weighted by molar-refractivity contribution is 6.35. The van der Waals surface area contributed by atoms with Crippen LogP contribution in [0.4, 0.5) is 5.69 Å². The number of benzene rings is 3. The highest BCUT2D eigenvalue weighted by atomic mass is 35.5. The van der Waals surface area contributed by atoms with Gasteiger partial charge in [-0.05, 0) is 47.5 Å². The Kier molecular flexibility index (Phi) is 6.25. The molecule has 0 bridgehead atoms. The van der Waals surface area contributed by atoms with E-state index in [9.17, 15) is 0 Å². The van der Waals surface area contributed by atoms with Gasteiger partial charge >= 0.3 is 0 Å². The summed E-state index contributed by atoms with van der Waals surface area (Å²) in [6.07, 6.45) is 1.75. The lowest BCUT2D eigenvalue weighted by atomic mass is 10.1. The molecule has 0 atom stereocenters. The molecule has 5 aromatic rings. The molecule has 0 amide bonds. The second kappa shape index (κ2) is 9.62. The molecular weight excluding hydrogens is 449 g/mol. The van der Waals surface area contributed by atoms with Crippen molar-refractivity contribution in [3.05, 3.63) is 125 Å². The summed E-state index contributed by atoms with van der Waals surface area (Å²) >= 11 is 13.2. The van der Waals surface area contributed by atoms with Crippen LogP contribution in [-0.2, 0) is 13.1 Å². The summed E-state index contributed by atoms with van der Waals surface area (Å²) in [5.74, 6) is 0. The van der Waals surface area contributed by atoms with Gasteiger partial charge in [-0.2, -0.15) is 0 Å². The SMILES string of the molecule is Clc1cc(N(Cc2ccccc2)Cc2ccccc2)ccc1-c1cc2ncccc2c(Cl)n1. The molecule has 0 spiro atoms. The van der Waals surface area contributed by atoms with Crippen LogP contribution in [-0.4, -0.2) is 9.97 Å². The molecular formula is C28H21Cl2N3. The van der Waals surface area contributed by atoms with Crippen LogP contribution in [0, 0.1) is 0 Å². The molecule has 0 unspecified atom stereocenters. The number of aromatic nitrogens is 2. The van der Waals surface area contributed by atoms with Crippen LogP contribution in [0.25, 0.3) is 22.2 Å². The maximum atomic E-state index is 6.79. The quantitative estimate of drug-likeness (QED) is 0.237. The first kappa shape index (κ1) is 21.4. The van der Waals surface area contributed by atoms with Gasteiger partial charge in [0.1, 0.15) is 5.15 Å². The lowest BCUT2D eigenvalue weighted by Crippen LogP contribution is -2.22. The van der Waals surface area contributed by atoms with Gasteiger partial charge in [-0.15, -0.1) is 0 Å². The predicted molar refractivity (Wildman–Crippen MR) is 138 cm³/mol. The molecule has 0 N–H and O–H groups in total. The molecule has 0 aliphatic carbocycles. The highest BCUT2D eigenvalue weighted by Crippen LogP contribution is 2.34. The van der Waals surface area contributed by atoms with E-state index < -0.39 is 0 Å². The lowest BCUT2D eigenvalue weighted by molar-refractivity contribution is 0.800. The Morgan fingerprint density at radius 3 is 2.00 bits per heavy atom.